The minimum atomic E-state index is -4.65. The Morgan fingerprint density at radius 1 is 1.21 bits per heavy atom. The number of carbonyl (C=O) groups is 1. The quantitative estimate of drug-likeness (QED) is 0.594. The molecule has 1 saturated heterocycles. The van der Waals surface area contributed by atoms with Crippen LogP contribution in [0.5, 0.6) is 0 Å². The molecular weight excluding hydrogens is 437 g/mol. The Bertz CT molecular complexity index is 1030. The van der Waals surface area contributed by atoms with Crippen molar-refractivity contribution in [1.29, 1.82) is 0 Å². The number of carbonyl (C=O) groups excluding carboxylic acids is 1. The fourth-order valence-corrected chi connectivity index (χ4v) is 3.88. The number of halogens is 4. The highest BCUT2D eigenvalue weighted by Crippen LogP contribution is 2.35. The van der Waals surface area contributed by atoms with E-state index in [2.05, 4.69) is 31.3 Å². The SMILES string of the molecule is O=C(c1nn2c(C(F)(F)F)cc(-c3ccccc3)nc2c1Br)C1CCCCN1. The highest BCUT2D eigenvalue weighted by molar-refractivity contribution is 9.10. The summed E-state index contributed by atoms with van der Waals surface area (Å²) in [7, 11) is 0. The average molecular weight is 453 g/mol. The minimum absolute atomic E-state index is 0.0344. The number of ketones is 1. The highest BCUT2D eigenvalue weighted by Gasteiger charge is 2.37. The summed E-state index contributed by atoms with van der Waals surface area (Å²) in [5.41, 5.74) is -0.343. The minimum Gasteiger partial charge on any atom is -0.307 e. The van der Waals surface area contributed by atoms with Crippen LogP contribution in [0.1, 0.15) is 35.4 Å². The first-order valence-corrected chi connectivity index (χ1v) is 9.65. The van der Waals surface area contributed by atoms with Gasteiger partial charge in [-0.05, 0) is 41.4 Å². The molecule has 0 aliphatic carbocycles. The number of hydrogen-bond donors (Lipinski definition) is 1. The van der Waals surface area contributed by atoms with E-state index in [0.717, 1.165) is 18.9 Å². The van der Waals surface area contributed by atoms with Crippen LogP contribution in [0.4, 0.5) is 13.2 Å². The van der Waals surface area contributed by atoms with Crippen molar-refractivity contribution in [3.63, 3.8) is 0 Å². The molecule has 2 aromatic heterocycles. The van der Waals surface area contributed by atoms with Crippen LogP contribution in [0.15, 0.2) is 40.9 Å². The summed E-state index contributed by atoms with van der Waals surface area (Å²) in [6.45, 7) is 0.700. The molecule has 1 aromatic carbocycles. The number of Topliss-reactive ketones (excluding diaryl/α,β-unsaturated/α-hetero) is 1. The summed E-state index contributed by atoms with van der Waals surface area (Å²) in [6.07, 6.45) is -2.16. The van der Waals surface area contributed by atoms with Crippen LogP contribution in [-0.4, -0.2) is 33.0 Å². The zero-order chi connectivity index (χ0) is 19.9. The Morgan fingerprint density at radius 2 is 1.96 bits per heavy atom. The first-order chi connectivity index (χ1) is 13.4. The monoisotopic (exact) mass is 452 g/mol. The Hall–Kier alpha value is -2.26. The van der Waals surface area contributed by atoms with Crippen LogP contribution in [0.25, 0.3) is 16.9 Å². The first-order valence-electron chi connectivity index (χ1n) is 8.86. The van der Waals surface area contributed by atoms with Crippen molar-refractivity contribution in [2.75, 3.05) is 6.54 Å². The van der Waals surface area contributed by atoms with Gasteiger partial charge in [-0.15, -0.1) is 0 Å². The highest BCUT2D eigenvalue weighted by atomic mass is 79.9. The van der Waals surface area contributed by atoms with Crippen molar-refractivity contribution in [3.8, 4) is 11.3 Å². The van der Waals surface area contributed by atoms with Crippen LogP contribution in [0, 0.1) is 0 Å². The molecule has 0 bridgehead atoms. The molecule has 1 atom stereocenters. The number of piperidine rings is 1. The molecule has 28 heavy (non-hydrogen) atoms. The summed E-state index contributed by atoms with van der Waals surface area (Å²) in [5.74, 6) is -0.327. The molecule has 0 radical (unpaired) electrons. The molecule has 3 aromatic rings. The van der Waals surface area contributed by atoms with Gasteiger partial charge in [-0.25, -0.2) is 9.50 Å². The Morgan fingerprint density at radius 3 is 2.61 bits per heavy atom. The third-order valence-electron chi connectivity index (χ3n) is 4.75. The van der Waals surface area contributed by atoms with E-state index in [4.69, 9.17) is 0 Å². The molecule has 1 fully saturated rings. The van der Waals surface area contributed by atoms with Gasteiger partial charge in [0.25, 0.3) is 0 Å². The van der Waals surface area contributed by atoms with E-state index in [0.29, 0.717) is 23.0 Å². The van der Waals surface area contributed by atoms with Gasteiger partial charge >= 0.3 is 6.18 Å². The van der Waals surface area contributed by atoms with Gasteiger partial charge in [0.05, 0.1) is 16.2 Å². The molecule has 1 N–H and O–H groups in total. The van der Waals surface area contributed by atoms with E-state index in [1.807, 2.05) is 0 Å². The smallest absolute Gasteiger partial charge is 0.307 e. The largest absolute Gasteiger partial charge is 0.433 e. The lowest BCUT2D eigenvalue weighted by Gasteiger charge is -2.21. The zero-order valence-corrected chi connectivity index (χ0v) is 16.2. The summed E-state index contributed by atoms with van der Waals surface area (Å²) in [4.78, 5) is 17.2. The fraction of sp³-hybridized carbons (Fsp3) is 0.316. The number of benzene rings is 1. The molecule has 0 spiro atoms. The van der Waals surface area contributed by atoms with E-state index in [9.17, 15) is 18.0 Å². The molecule has 1 unspecified atom stereocenters. The number of aromatic nitrogens is 3. The second-order valence-electron chi connectivity index (χ2n) is 6.66. The molecular formula is C19H16BrF3N4O. The third kappa shape index (κ3) is 3.44. The number of alkyl halides is 3. The predicted molar refractivity (Wildman–Crippen MR) is 101 cm³/mol. The van der Waals surface area contributed by atoms with Gasteiger partial charge in [0.1, 0.15) is 5.69 Å². The van der Waals surface area contributed by atoms with Crippen LogP contribution in [0.2, 0.25) is 0 Å². The molecule has 1 aliphatic rings. The Labute approximate surface area is 167 Å². The lowest BCUT2D eigenvalue weighted by molar-refractivity contribution is -0.142. The van der Waals surface area contributed by atoms with Crippen molar-refractivity contribution >= 4 is 27.4 Å². The molecule has 0 amide bonds. The molecule has 3 heterocycles. The lowest BCUT2D eigenvalue weighted by Crippen LogP contribution is -2.40. The molecule has 0 saturated carbocycles. The molecule has 5 nitrogen and oxygen atoms in total. The van der Waals surface area contributed by atoms with Crippen molar-refractivity contribution in [2.24, 2.45) is 0 Å². The third-order valence-corrected chi connectivity index (χ3v) is 5.48. The van der Waals surface area contributed by atoms with E-state index in [-0.39, 0.29) is 27.3 Å². The van der Waals surface area contributed by atoms with Crippen molar-refractivity contribution in [1.82, 2.24) is 19.9 Å². The fourth-order valence-electron chi connectivity index (χ4n) is 3.35. The second-order valence-corrected chi connectivity index (χ2v) is 7.45. The molecule has 1 aliphatic heterocycles. The van der Waals surface area contributed by atoms with Gasteiger partial charge in [-0.2, -0.15) is 18.3 Å². The van der Waals surface area contributed by atoms with Gasteiger partial charge in [0.2, 0.25) is 5.78 Å². The number of rotatable bonds is 3. The summed E-state index contributed by atoms with van der Waals surface area (Å²) >= 11 is 3.26. The van der Waals surface area contributed by atoms with Crippen molar-refractivity contribution < 1.29 is 18.0 Å². The van der Waals surface area contributed by atoms with Gasteiger partial charge in [0.15, 0.2) is 11.3 Å². The summed E-state index contributed by atoms with van der Waals surface area (Å²) < 4.78 is 42.0. The van der Waals surface area contributed by atoms with Gasteiger partial charge in [0, 0.05) is 5.56 Å². The zero-order valence-electron chi connectivity index (χ0n) is 14.6. The van der Waals surface area contributed by atoms with Gasteiger partial charge in [-0.3, -0.25) is 4.79 Å². The number of fused-ring (bicyclic) bond motifs is 1. The van der Waals surface area contributed by atoms with E-state index in [1.54, 1.807) is 30.3 Å². The topological polar surface area (TPSA) is 59.3 Å². The van der Waals surface area contributed by atoms with E-state index >= 15 is 0 Å². The maximum atomic E-state index is 13.7. The maximum Gasteiger partial charge on any atom is 0.433 e. The summed E-state index contributed by atoms with van der Waals surface area (Å²) in [6, 6.07) is 9.10. The van der Waals surface area contributed by atoms with Crippen LogP contribution >= 0.6 is 15.9 Å². The van der Waals surface area contributed by atoms with Crippen LogP contribution in [0.3, 0.4) is 0 Å². The predicted octanol–water partition coefficient (Wildman–Crippen LogP) is 4.50. The summed E-state index contributed by atoms with van der Waals surface area (Å²) in [5, 5.41) is 7.10. The number of nitrogens with zero attached hydrogens (tertiary/aromatic N) is 3. The maximum absolute atomic E-state index is 13.7. The Balaban J connectivity index is 1.89. The molecule has 146 valence electrons. The number of nitrogens with one attached hydrogen (secondary N) is 1. The Kier molecular flexibility index (Phi) is 4.96. The van der Waals surface area contributed by atoms with Gasteiger partial charge < -0.3 is 5.32 Å². The average Bonchev–Trinajstić information content (AvgIpc) is 3.04. The van der Waals surface area contributed by atoms with Crippen molar-refractivity contribution in [2.45, 2.75) is 31.5 Å². The van der Waals surface area contributed by atoms with Crippen LogP contribution in [-0.2, 0) is 6.18 Å². The molecule has 9 heteroatoms. The number of hydrogen-bond acceptors (Lipinski definition) is 4. The first kappa shape index (κ1) is 19.1. The van der Waals surface area contributed by atoms with E-state index in [1.165, 1.54) is 0 Å². The normalized spacial score (nSPS) is 17.8. The standard InChI is InChI=1S/C19H16BrF3N4O/c20-15-16(17(28)12-8-4-5-9-24-12)26-27-14(19(21,22)23)10-13(25-18(15)27)11-6-2-1-3-7-11/h1-3,6-7,10,12,24H,4-5,8-9H2. The van der Waals surface area contributed by atoms with Crippen LogP contribution < -0.4 is 5.32 Å². The lowest BCUT2D eigenvalue weighted by atomic mass is 9.99. The van der Waals surface area contributed by atoms with Crippen molar-refractivity contribution in [3.05, 3.63) is 52.3 Å². The van der Waals surface area contributed by atoms with Gasteiger partial charge in [-0.1, -0.05) is 36.8 Å². The molecule has 4 rings (SSSR count). The van der Waals surface area contributed by atoms with E-state index < -0.39 is 17.9 Å². The second kappa shape index (κ2) is 7.29.